The summed E-state index contributed by atoms with van der Waals surface area (Å²) in [6, 6.07) is 0. The number of aromatic nitrogens is 2. The van der Waals surface area contributed by atoms with E-state index in [0.717, 1.165) is 31.9 Å². The summed E-state index contributed by atoms with van der Waals surface area (Å²) in [6.45, 7) is 4.08. The van der Waals surface area contributed by atoms with Crippen LogP contribution in [0.5, 0.6) is 0 Å². The maximum Gasteiger partial charge on any atom is 0.0719 e. The highest BCUT2D eigenvalue weighted by Crippen LogP contribution is 2.01. The average Bonchev–Trinajstić information content (AvgIpc) is 2.71. The lowest BCUT2D eigenvalue weighted by Gasteiger charge is -2.13. The van der Waals surface area contributed by atoms with Crippen LogP contribution >= 0.6 is 0 Å². The SMILES string of the molecule is Nc1cnn(CCN2CC=CC2)c1. The number of rotatable bonds is 3. The van der Waals surface area contributed by atoms with Crippen molar-refractivity contribution in [3.05, 3.63) is 24.5 Å². The Kier molecular flexibility index (Phi) is 2.31. The smallest absolute Gasteiger partial charge is 0.0719 e. The van der Waals surface area contributed by atoms with E-state index in [9.17, 15) is 0 Å². The number of nitrogens with two attached hydrogens (primary N) is 1. The number of hydrogen-bond donors (Lipinski definition) is 1. The third kappa shape index (κ3) is 2.09. The standard InChI is InChI=1S/C9H14N4/c10-9-7-11-13(8-9)6-5-12-3-1-2-4-12/h1-2,7-8H,3-6,10H2. The normalized spacial score (nSPS) is 16.9. The van der Waals surface area contributed by atoms with Crippen molar-refractivity contribution in [3.63, 3.8) is 0 Å². The van der Waals surface area contributed by atoms with Crippen LogP contribution in [-0.2, 0) is 6.54 Å². The Morgan fingerprint density at radius 1 is 1.31 bits per heavy atom. The molecule has 1 aromatic heterocycles. The van der Waals surface area contributed by atoms with Crippen LogP contribution in [0.1, 0.15) is 0 Å². The van der Waals surface area contributed by atoms with Gasteiger partial charge in [-0.05, 0) is 0 Å². The first kappa shape index (κ1) is 8.31. The molecular weight excluding hydrogens is 164 g/mol. The van der Waals surface area contributed by atoms with Gasteiger partial charge in [-0.25, -0.2) is 0 Å². The maximum atomic E-state index is 5.55. The van der Waals surface area contributed by atoms with Gasteiger partial charge in [-0.2, -0.15) is 5.10 Å². The quantitative estimate of drug-likeness (QED) is 0.679. The molecule has 4 nitrogen and oxygen atoms in total. The van der Waals surface area contributed by atoms with Gasteiger partial charge in [0.05, 0.1) is 18.4 Å². The van der Waals surface area contributed by atoms with E-state index in [0.29, 0.717) is 0 Å². The number of anilines is 1. The van der Waals surface area contributed by atoms with Gasteiger partial charge in [0.15, 0.2) is 0 Å². The second kappa shape index (κ2) is 3.62. The molecule has 0 bridgehead atoms. The van der Waals surface area contributed by atoms with Crippen LogP contribution in [0.4, 0.5) is 5.69 Å². The monoisotopic (exact) mass is 178 g/mol. The molecule has 1 aromatic rings. The molecule has 0 saturated carbocycles. The number of hydrogen-bond acceptors (Lipinski definition) is 3. The lowest BCUT2D eigenvalue weighted by Crippen LogP contribution is -2.24. The van der Waals surface area contributed by atoms with Crippen molar-refractivity contribution in [2.24, 2.45) is 0 Å². The summed E-state index contributed by atoms with van der Waals surface area (Å²) in [5.41, 5.74) is 6.29. The van der Waals surface area contributed by atoms with Gasteiger partial charge >= 0.3 is 0 Å². The highest BCUT2D eigenvalue weighted by atomic mass is 15.3. The summed E-state index contributed by atoms with van der Waals surface area (Å²) in [6.07, 6.45) is 7.93. The molecule has 2 heterocycles. The molecule has 4 heteroatoms. The lowest BCUT2D eigenvalue weighted by atomic mass is 10.5. The Bertz CT molecular complexity index is 294. The van der Waals surface area contributed by atoms with E-state index >= 15 is 0 Å². The minimum absolute atomic E-state index is 0.736. The topological polar surface area (TPSA) is 47.1 Å². The van der Waals surface area contributed by atoms with Crippen LogP contribution in [0.3, 0.4) is 0 Å². The summed E-state index contributed by atoms with van der Waals surface area (Å²) in [5.74, 6) is 0. The molecule has 1 aliphatic heterocycles. The molecule has 2 N–H and O–H groups in total. The Hall–Kier alpha value is -1.29. The molecular formula is C9H14N4. The zero-order chi connectivity index (χ0) is 9.10. The molecule has 0 spiro atoms. The van der Waals surface area contributed by atoms with Crippen molar-refractivity contribution in [3.8, 4) is 0 Å². The van der Waals surface area contributed by atoms with Crippen molar-refractivity contribution in [2.45, 2.75) is 6.54 Å². The maximum absolute atomic E-state index is 5.55. The highest BCUT2D eigenvalue weighted by Gasteiger charge is 2.05. The fourth-order valence-corrected chi connectivity index (χ4v) is 1.45. The van der Waals surface area contributed by atoms with E-state index in [1.54, 1.807) is 6.20 Å². The third-order valence-corrected chi connectivity index (χ3v) is 2.19. The number of nitrogens with zero attached hydrogens (tertiary/aromatic N) is 3. The van der Waals surface area contributed by atoms with Crippen LogP contribution in [0, 0.1) is 0 Å². The molecule has 0 aliphatic carbocycles. The molecule has 0 atom stereocenters. The molecule has 0 aromatic carbocycles. The van der Waals surface area contributed by atoms with E-state index in [1.807, 2.05) is 10.9 Å². The third-order valence-electron chi connectivity index (χ3n) is 2.19. The minimum Gasteiger partial charge on any atom is -0.396 e. The van der Waals surface area contributed by atoms with Gasteiger partial charge in [0.2, 0.25) is 0 Å². The van der Waals surface area contributed by atoms with Gasteiger partial charge in [0.1, 0.15) is 0 Å². The van der Waals surface area contributed by atoms with Crippen molar-refractivity contribution in [1.29, 1.82) is 0 Å². The van der Waals surface area contributed by atoms with E-state index in [-0.39, 0.29) is 0 Å². The Balaban J connectivity index is 1.79. The second-order valence-electron chi connectivity index (χ2n) is 3.27. The van der Waals surface area contributed by atoms with Crippen LogP contribution in [0.25, 0.3) is 0 Å². The molecule has 70 valence electrons. The fraction of sp³-hybridized carbons (Fsp3) is 0.444. The highest BCUT2D eigenvalue weighted by molar-refractivity contribution is 5.30. The summed E-state index contributed by atoms with van der Waals surface area (Å²) < 4.78 is 1.88. The summed E-state index contributed by atoms with van der Waals surface area (Å²) in [4.78, 5) is 2.36. The van der Waals surface area contributed by atoms with Crippen molar-refractivity contribution < 1.29 is 0 Å². The van der Waals surface area contributed by atoms with Crippen LogP contribution < -0.4 is 5.73 Å². The van der Waals surface area contributed by atoms with Gasteiger partial charge in [0, 0.05) is 25.8 Å². The lowest BCUT2D eigenvalue weighted by molar-refractivity contribution is 0.327. The van der Waals surface area contributed by atoms with Crippen molar-refractivity contribution in [2.75, 3.05) is 25.4 Å². The Morgan fingerprint density at radius 2 is 2.08 bits per heavy atom. The van der Waals surface area contributed by atoms with Gasteiger partial charge in [-0.15, -0.1) is 0 Å². The second-order valence-corrected chi connectivity index (χ2v) is 3.27. The van der Waals surface area contributed by atoms with Crippen LogP contribution in [0.15, 0.2) is 24.5 Å². The molecule has 0 fully saturated rings. The first-order valence-electron chi connectivity index (χ1n) is 4.50. The first-order chi connectivity index (χ1) is 6.34. The van der Waals surface area contributed by atoms with E-state index in [4.69, 9.17) is 5.73 Å². The molecule has 1 aliphatic rings. The molecule has 0 unspecified atom stereocenters. The predicted molar refractivity (Wildman–Crippen MR) is 52.2 cm³/mol. The number of nitrogen functional groups attached to an aromatic ring is 1. The van der Waals surface area contributed by atoms with E-state index in [1.165, 1.54) is 0 Å². The fourth-order valence-electron chi connectivity index (χ4n) is 1.45. The van der Waals surface area contributed by atoms with Crippen LogP contribution in [-0.4, -0.2) is 34.3 Å². The molecule has 0 saturated heterocycles. The molecule has 0 amide bonds. The zero-order valence-corrected chi connectivity index (χ0v) is 7.56. The van der Waals surface area contributed by atoms with Gasteiger partial charge in [-0.3, -0.25) is 9.58 Å². The van der Waals surface area contributed by atoms with E-state index in [2.05, 4.69) is 22.2 Å². The van der Waals surface area contributed by atoms with Gasteiger partial charge in [0.25, 0.3) is 0 Å². The Labute approximate surface area is 77.6 Å². The summed E-state index contributed by atoms with van der Waals surface area (Å²) >= 11 is 0. The molecule has 2 rings (SSSR count). The largest absolute Gasteiger partial charge is 0.396 e. The zero-order valence-electron chi connectivity index (χ0n) is 7.56. The van der Waals surface area contributed by atoms with Gasteiger partial charge in [-0.1, -0.05) is 12.2 Å². The average molecular weight is 178 g/mol. The molecule has 13 heavy (non-hydrogen) atoms. The Morgan fingerprint density at radius 3 is 2.69 bits per heavy atom. The van der Waals surface area contributed by atoms with Crippen molar-refractivity contribution in [1.82, 2.24) is 14.7 Å². The summed E-state index contributed by atoms with van der Waals surface area (Å²) in [7, 11) is 0. The predicted octanol–water partition coefficient (Wildman–Crippen LogP) is 0.337. The molecule has 0 radical (unpaired) electrons. The minimum atomic E-state index is 0.736. The summed E-state index contributed by atoms with van der Waals surface area (Å²) in [5, 5.41) is 4.12. The van der Waals surface area contributed by atoms with E-state index < -0.39 is 0 Å². The first-order valence-corrected chi connectivity index (χ1v) is 4.50. The van der Waals surface area contributed by atoms with Crippen molar-refractivity contribution >= 4 is 5.69 Å². The van der Waals surface area contributed by atoms with Gasteiger partial charge < -0.3 is 5.73 Å². The van der Waals surface area contributed by atoms with Crippen LogP contribution in [0.2, 0.25) is 0 Å².